The summed E-state index contributed by atoms with van der Waals surface area (Å²) in [7, 11) is 1.88. The summed E-state index contributed by atoms with van der Waals surface area (Å²) in [5.41, 5.74) is 3.13. The maximum atomic E-state index is 11.5. The normalized spacial score (nSPS) is 13.0. The highest BCUT2D eigenvalue weighted by Gasteiger charge is 2.21. The molecule has 4 rings (SSSR count). The highest BCUT2D eigenvalue weighted by molar-refractivity contribution is 7.79. The molecule has 0 fully saturated rings. The summed E-state index contributed by atoms with van der Waals surface area (Å²) >= 11 is -1.93. The van der Waals surface area contributed by atoms with Crippen LogP contribution in [0.1, 0.15) is 17.3 Å². The number of hydrogen-bond acceptors (Lipinski definition) is 3. The minimum absolute atomic E-state index is 0.0875. The average Bonchev–Trinajstić information content (AvgIpc) is 3.19. The Kier molecular flexibility index (Phi) is 6.07. The molecule has 6 heteroatoms. The van der Waals surface area contributed by atoms with Gasteiger partial charge in [0.25, 0.3) is 0 Å². The third-order valence-corrected chi connectivity index (χ3v) is 5.56. The van der Waals surface area contributed by atoms with Gasteiger partial charge in [-0.25, -0.2) is 9.19 Å². The summed E-state index contributed by atoms with van der Waals surface area (Å²) in [4.78, 5) is 4.36. The van der Waals surface area contributed by atoms with E-state index in [4.69, 9.17) is 4.74 Å². The largest absolute Gasteiger partial charge is 0.457 e. The van der Waals surface area contributed by atoms with Crippen LogP contribution in [0.15, 0.2) is 91.3 Å². The van der Waals surface area contributed by atoms with Crippen LogP contribution in [0.2, 0.25) is 0 Å². The van der Waals surface area contributed by atoms with Gasteiger partial charge in [-0.1, -0.05) is 54.6 Å². The molecule has 1 heterocycles. The molecular formula is C24H22N2O3S. The van der Waals surface area contributed by atoms with Crippen molar-refractivity contribution in [1.29, 1.82) is 0 Å². The molecular weight excluding hydrogens is 396 g/mol. The first-order valence-electron chi connectivity index (χ1n) is 9.58. The Bertz CT molecular complexity index is 1140. The van der Waals surface area contributed by atoms with Crippen molar-refractivity contribution in [2.75, 3.05) is 5.75 Å². The second kappa shape index (κ2) is 9.07. The molecule has 0 aliphatic heterocycles. The number of rotatable bonds is 7. The van der Waals surface area contributed by atoms with Gasteiger partial charge in [0, 0.05) is 19.4 Å². The van der Waals surface area contributed by atoms with Crippen molar-refractivity contribution in [2.24, 2.45) is 7.05 Å². The Morgan fingerprint density at radius 3 is 2.37 bits per heavy atom. The number of benzene rings is 3. The molecule has 1 aromatic heterocycles. The molecule has 2 unspecified atom stereocenters. The number of ether oxygens (including phenoxy) is 1. The molecule has 0 saturated carbocycles. The number of nitrogens with zero attached hydrogens (tertiary/aromatic N) is 2. The summed E-state index contributed by atoms with van der Waals surface area (Å²) in [6, 6.07) is 25.7. The SMILES string of the molecule is Cn1ccnc1C(CS(=O)O)c1ccc(Oc2cccc(-c3ccccc3)c2)cc1. The van der Waals surface area contributed by atoms with Crippen molar-refractivity contribution < 1.29 is 13.5 Å². The van der Waals surface area contributed by atoms with Gasteiger partial charge in [-0.05, 0) is 41.0 Å². The number of aryl methyl sites for hydroxylation is 1. The van der Waals surface area contributed by atoms with E-state index in [1.54, 1.807) is 6.20 Å². The molecule has 0 spiro atoms. The summed E-state index contributed by atoms with van der Waals surface area (Å²) in [6.07, 6.45) is 3.53. The number of imidazole rings is 1. The third-order valence-electron chi connectivity index (χ3n) is 4.94. The Morgan fingerprint density at radius 1 is 0.967 bits per heavy atom. The Labute approximate surface area is 178 Å². The second-order valence-electron chi connectivity index (χ2n) is 7.00. The fraction of sp³-hybridized carbons (Fsp3) is 0.125. The molecule has 0 aliphatic carbocycles. The molecule has 0 bridgehead atoms. The third kappa shape index (κ3) is 4.67. The van der Waals surface area contributed by atoms with Crippen molar-refractivity contribution >= 4 is 11.1 Å². The highest BCUT2D eigenvalue weighted by Crippen LogP contribution is 2.30. The first kappa shape index (κ1) is 20.1. The van der Waals surface area contributed by atoms with E-state index in [1.165, 1.54) is 0 Å². The van der Waals surface area contributed by atoms with E-state index in [2.05, 4.69) is 23.2 Å². The maximum Gasteiger partial charge on any atom is 0.153 e. The standard InChI is InChI=1S/C24H22N2O3S/c1-26-15-14-25-24(26)23(17-30(27)28)19-10-12-21(13-11-19)29-22-9-5-8-20(16-22)18-6-3-2-4-7-18/h2-16,23H,17H2,1H3,(H,27,28). The maximum absolute atomic E-state index is 11.5. The molecule has 0 amide bonds. The molecule has 5 nitrogen and oxygen atoms in total. The minimum atomic E-state index is -1.93. The zero-order valence-electron chi connectivity index (χ0n) is 16.5. The Hall–Kier alpha value is -3.22. The van der Waals surface area contributed by atoms with E-state index < -0.39 is 11.1 Å². The van der Waals surface area contributed by atoms with E-state index in [0.29, 0.717) is 5.75 Å². The van der Waals surface area contributed by atoms with Gasteiger partial charge >= 0.3 is 0 Å². The van der Waals surface area contributed by atoms with Gasteiger partial charge in [0.15, 0.2) is 11.1 Å². The van der Waals surface area contributed by atoms with Crippen LogP contribution in [0, 0.1) is 0 Å². The predicted octanol–water partition coefficient (Wildman–Crippen LogP) is 5.23. The van der Waals surface area contributed by atoms with Gasteiger partial charge in [-0.15, -0.1) is 0 Å². The Balaban J connectivity index is 1.55. The number of hydrogen-bond donors (Lipinski definition) is 1. The number of aromatic nitrogens is 2. The first-order chi connectivity index (χ1) is 14.6. The molecule has 0 radical (unpaired) electrons. The topological polar surface area (TPSA) is 64.4 Å². The van der Waals surface area contributed by atoms with Crippen molar-refractivity contribution in [3.63, 3.8) is 0 Å². The van der Waals surface area contributed by atoms with E-state index in [9.17, 15) is 8.76 Å². The molecule has 0 saturated heterocycles. The lowest BCUT2D eigenvalue weighted by Crippen LogP contribution is -2.15. The first-order valence-corrected chi connectivity index (χ1v) is 10.9. The molecule has 3 aromatic carbocycles. The lowest BCUT2D eigenvalue weighted by atomic mass is 10.00. The predicted molar refractivity (Wildman–Crippen MR) is 119 cm³/mol. The zero-order valence-corrected chi connectivity index (χ0v) is 17.3. The fourth-order valence-electron chi connectivity index (χ4n) is 3.45. The van der Waals surface area contributed by atoms with Gasteiger partial charge in [-0.3, -0.25) is 0 Å². The average molecular weight is 419 g/mol. The van der Waals surface area contributed by atoms with Crippen molar-refractivity contribution in [2.45, 2.75) is 5.92 Å². The smallest absolute Gasteiger partial charge is 0.153 e. The Morgan fingerprint density at radius 2 is 1.70 bits per heavy atom. The molecule has 30 heavy (non-hydrogen) atoms. The van der Waals surface area contributed by atoms with Crippen LogP contribution in [0.3, 0.4) is 0 Å². The van der Waals surface area contributed by atoms with Crippen LogP contribution in [-0.2, 0) is 18.1 Å². The van der Waals surface area contributed by atoms with Crippen LogP contribution in [0.4, 0.5) is 0 Å². The van der Waals surface area contributed by atoms with E-state index >= 15 is 0 Å². The highest BCUT2D eigenvalue weighted by atomic mass is 32.2. The lowest BCUT2D eigenvalue weighted by Gasteiger charge is -2.16. The summed E-state index contributed by atoms with van der Waals surface area (Å²) < 4.78 is 28.9. The van der Waals surface area contributed by atoms with Gasteiger partial charge in [0.1, 0.15) is 17.3 Å². The van der Waals surface area contributed by atoms with E-state index in [-0.39, 0.29) is 11.7 Å². The van der Waals surface area contributed by atoms with E-state index in [0.717, 1.165) is 28.3 Å². The van der Waals surface area contributed by atoms with Crippen LogP contribution >= 0.6 is 0 Å². The van der Waals surface area contributed by atoms with Gasteiger partial charge < -0.3 is 13.9 Å². The molecule has 152 valence electrons. The van der Waals surface area contributed by atoms with Crippen molar-refractivity contribution in [3.8, 4) is 22.6 Å². The molecule has 4 aromatic rings. The summed E-state index contributed by atoms with van der Waals surface area (Å²) in [5, 5.41) is 0. The summed E-state index contributed by atoms with van der Waals surface area (Å²) in [5.74, 6) is 2.02. The monoisotopic (exact) mass is 418 g/mol. The van der Waals surface area contributed by atoms with Crippen LogP contribution < -0.4 is 4.74 Å². The van der Waals surface area contributed by atoms with Crippen LogP contribution in [0.25, 0.3) is 11.1 Å². The van der Waals surface area contributed by atoms with Crippen LogP contribution in [-0.4, -0.2) is 24.1 Å². The zero-order chi connectivity index (χ0) is 20.9. The second-order valence-corrected chi connectivity index (χ2v) is 7.98. The summed E-state index contributed by atoms with van der Waals surface area (Å²) in [6.45, 7) is 0. The van der Waals surface area contributed by atoms with Gasteiger partial charge in [-0.2, -0.15) is 0 Å². The molecule has 2 atom stereocenters. The van der Waals surface area contributed by atoms with Gasteiger partial charge in [0.2, 0.25) is 0 Å². The molecule has 1 N–H and O–H groups in total. The van der Waals surface area contributed by atoms with Crippen molar-refractivity contribution in [3.05, 3.63) is 103 Å². The molecule has 0 aliphatic rings. The quantitative estimate of drug-likeness (QED) is 0.417. The van der Waals surface area contributed by atoms with Crippen LogP contribution in [0.5, 0.6) is 11.5 Å². The van der Waals surface area contributed by atoms with Gasteiger partial charge in [0.05, 0.1) is 11.7 Å². The van der Waals surface area contributed by atoms with Crippen molar-refractivity contribution in [1.82, 2.24) is 9.55 Å². The van der Waals surface area contributed by atoms with E-state index in [1.807, 2.05) is 78.5 Å². The minimum Gasteiger partial charge on any atom is -0.457 e. The fourth-order valence-corrected chi connectivity index (χ4v) is 4.08. The lowest BCUT2D eigenvalue weighted by molar-refractivity contribution is 0.482.